The number of nitrogens with one attached hydrogen (secondary N) is 1. The first-order valence-electron chi connectivity index (χ1n) is 5.80. The van der Waals surface area contributed by atoms with E-state index >= 15 is 0 Å². The van der Waals surface area contributed by atoms with Gasteiger partial charge in [-0.25, -0.2) is 0 Å². The summed E-state index contributed by atoms with van der Waals surface area (Å²) in [5.74, 6) is 0. The highest BCUT2D eigenvalue weighted by atomic mass is 16.6. The van der Waals surface area contributed by atoms with Crippen molar-refractivity contribution in [2.75, 3.05) is 45.7 Å². The summed E-state index contributed by atoms with van der Waals surface area (Å²) in [6.45, 7) is 2.78. The smallest absolute Gasteiger partial charge is 0.271 e. The lowest BCUT2D eigenvalue weighted by Crippen LogP contribution is -2.20. The van der Waals surface area contributed by atoms with E-state index in [-0.39, 0.29) is 5.69 Å². The van der Waals surface area contributed by atoms with Crippen molar-refractivity contribution in [1.82, 2.24) is 4.90 Å². The molecule has 18 heavy (non-hydrogen) atoms. The van der Waals surface area contributed by atoms with Gasteiger partial charge in [0.05, 0.1) is 18.1 Å². The van der Waals surface area contributed by atoms with E-state index in [1.807, 2.05) is 19.0 Å². The maximum absolute atomic E-state index is 10.6. The topological polar surface area (TPSA) is 67.6 Å². The average molecular weight is 253 g/mol. The Hall–Kier alpha value is -1.66. The van der Waals surface area contributed by atoms with E-state index in [0.29, 0.717) is 19.8 Å². The second-order valence-corrected chi connectivity index (χ2v) is 4.15. The second kappa shape index (κ2) is 7.62. The zero-order valence-electron chi connectivity index (χ0n) is 10.8. The van der Waals surface area contributed by atoms with Crippen molar-refractivity contribution in [2.45, 2.75) is 0 Å². The molecule has 0 heterocycles. The van der Waals surface area contributed by atoms with Gasteiger partial charge in [-0.1, -0.05) is 6.07 Å². The zero-order valence-corrected chi connectivity index (χ0v) is 10.8. The fraction of sp³-hybridized carbons (Fsp3) is 0.500. The molecule has 1 aromatic carbocycles. The molecule has 6 nitrogen and oxygen atoms in total. The molecule has 0 aliphatic rings. The van der Waals surface area contributed by atoms with E-state index in [1.54, 1.807) is 12.1 Å². The van der Waals surface area contributed by atoms with E-state index in [1.165, 1.54) is 12.1 Å². The SMILES string of the molecule is CN(C)CCOCCNc1cccc([N+](=O)[O-])c1. The quantitative estimate of drug-likeness (QED) is 0.433. The molecule has 0 fully saturated rings. The monoisotopic (exact) mass is 253 g/mol. The molecule has 1 N–H and O–H groups in total. The number of ether oxygens (including phenoxy) is 1. The molecular weight excluding hydrogens is 234 g/mol. The second-order valence-electron chi connectivity index (χ2n) is 4.15. The van der Waals surface area contributed by atoms with Crippen molar-refractivity contribution in [2.24, 2.45) is 0 Å². The third-order valence-corrected chi connectivity index (χ3v) is 2.32. The molecule has 6 heteroatoms. The van der Waals surface area contributed by atoms with Crippen molar-refractivity contribution < 1.29 is 9.66 Å². The molecule has 0 atom stereocenters. The van der Waals surface area contributed by atoms with Crippen molar-refractivity contribution in [3.63, 3.8) is 0 Å². The van der Waals surface area contributed by atoms with Crippen LogP contribution in [-0.4, -0.2) is 50.2 Å². The molecule has 0 unspecified atom stereocenters. The van der Waals surface area contributed by atoms with E-state index in [2.05, 4.69) is 5.32 Å². The van der Waals surface area contributed by atoms with Crippen LogP contribution in [0.2, 0.25) is 0 Å². The number of benzene rings is 1. The van der Waals surface area contributed by atoms with Crippen LogP contribution in [-0.2, 0) is 4.74 Å². The fourth-order valence-corrected chi connectivity index (χ4v) is 1.35. The zero-order chi connectivity index (χ0) is 13.4. The molecule has 1 aromatic rings. The number of nitro benzene ring substituents is 1. The minimum Gasteiger partial charge on any atom is -0.383 e. The van der Waals surface area contributed by atoms with E-state index < -0.39 is 4.92 Å². The lowest BCUT2D eigenvalue weighted by molar-refractivity contribution is -0.384. The van der Waals surface area contributed by atoms with Gasteiger partial charge in [0.1, 0.15) is 0 Å². The molecule has 0 aliphatic heterocycles. The lowest BCUT2D eigenvalue weighted by Gasteiger charge is -2.10. The van der Waals surface area contributed by atoms with Crippen molar-refractivity contribution in [3.05, 3.63) is 34.4 Å². The summed E-state index contributed by atoms with van der Waals surface area (Å²) in [5.41, 5.74) is 0.828. The standard InChI is InChI=1S/C12H19N3O3/c1-14(2)7-9-18-8-6-13-11-4-3-5-12(10-11)15(16)17/h3-5,10,13H,6-9H2,1-2H3. The van der Waals surface area contributed by atoms with Crippen LogP contribution in [0.3, 0.4) is 0 Å². The van der Waals surface area contributed by atoms with Crippen LogP contribution >= 0.6 is 0 Å². The van der Waals surface area contributed by atoms with Gasteiger partial charge in [-0.05, 0) is 20.2 Å². The number of nitrogens with zero attached hydrogens (tertiary/aromatic N) is 2. The maximum atomic E-state index is 10.6. The molecule has 0 aromatic heterocycles. The third kappa shape index (κ3) is 5.60. The van der Waals surface area contributed by atoms with Crippen molar-refractivity contribution in [3.8, 4) is 0 Å². The highest BCUT2D eigenvalue weighted by molar-refractivity contribution is 5.50. The molecule has 0 saturated heterocycles. The molecule has 0 saturated carbocycles. The summed E-state index contributed by atoms with van der Waals surface area (Å²) < 4.78 is 5.41. The molecule has 100 valence electrons. The van der Waals surface area contributed by atoms with Gasteiger partial charge in [-0.2, -0.15) is 0 Å². The summed E-state index contributed by atoms with van der Waals surface area (Å²) in [5, 5.41) is 13.7. The van der Waals surface area contributed by atoms with Gasteiger partial charge in [0.2, 0.25) is 0 Å². The highest BCUT2D eigenvalue weighted by Crippen LogP contribution is 2.16. The number of likely N-dealkylation sites (N-methyl/N-ethyl adjacent to an activating group) is 1. The molecule has 0 spiro atoms. The van der Waals surface area contributed by atoms with Crippen LogP contribution in [0.4, 0.5) is 11.4 Å². The number of hydrogen-bond donors (Lipinski definition) is 1. The molecule has 0 radical (unpaired) electrons. The van der Waals surface area contributed by atoms with Crippen LogP contribution in [0.25, 0.3) is 0 Å². The molecule has 0 aliphatic carbocycles. The van der Waals surface area contributed by atoms with Crippen LogP contribution in [0, 0.1) is 10.1 Å². The van der Waals surface area contributed by atoms with Gasteiger partial charge < -0.3 is 15.0 Å². The predicted octanol–water partition coefficient (Wildman–Crippen LogP) is 1.58. The van der Waals surface area contributed by atoms with Crippen LogP contribution in [0.5, 0.6) is 0 Å². The molecule has 0 bridgehead atoms. The molecule has 0 amide bonds. The Labute approximate surface area is 107 Å². The van der Waals surface area contributed by atoms with Crippen LogP contribution in [0.15, 0.2) is 24.3 Å². The lowest BCUT2D eigenvalue weighted by atomic mass is 10.3. The van der Waals surface area contributed by atoms with Gasteiger partial charge in [-0.15, -0.1) is 0 Å². The normalized spacial score (nSPS) is 10.6. The minimum atomic E-state index is -0.404. The highest BCUT2D eigenvalue weighted by Gasteiger charge is 2.04. The number of non-ortho nitro benzene ring substituents is 1. The predicted molar refractivity (Wildman–Crippen MR) is 71.0 cm³/mol. The Morgan fingerprint density at radius 2 is 2.17 bits per heavy atom. The number of nitro groups is 1. The number of anilines is 1. The van der Waals surface area contributed by atoms with Gasteiger partial charge in [0.15, 0.2) is 0 Å². The summed E-state index contributed by atoms with van der Waals surface area (Å²) in [4.78, 5) is 12.2. The summed E-state index contributed by atoms with van der Waals surface area (Å²) in [6, 6.07) is 6.44. The fourth-order valence-electron chi connectivity index (χ4n) is 1.35. The van der Waals surface area contributed by atoms with Crippen LogP contribution in [0.1, 0.15) is 0 Å². The maximum Gasteiger partial charge on any atom is 0.271 e. The molecular formula is C12H19N3O3. The van der Waals surface area contributed by atoms with Crippen molar-refractivity contribution in [1.29, 1.82) is 0 Å². The summed E-state index contributed by atoms with van der Waals surface area (Å²) in [6.07, 6.45) is 0. The van der Waals surface area contributed by atoms with Crippen LogP contribution < -0.4 is 5.32 Å². The van der Waals surface area contributed by atoms with Gasteiger partial charge in [0.25, 0.3) is 5.69 Å². The Bertz CT molecular complexity index is 383. The number of hydrogen-bond acceptors (Lipinski definition) is 5. The first-order chi connectivity index (χ1) is 8.59. The average Bonchev–Trinajstić information content (AvgIpc) is 2.33. The summed E-state index contributed by atoms with van der Waals surface area (Å²) >= 11 is 0. The third-order valence-electron chi connectivity index (χ3n) is 2.32. The Morgan fingerprint density at radius 1 is 1.39 bits per heavy atom. The number of rotatable bonds is 8. The van der Waals surface area contributed by atoms with E-state index in [9.17, 15) is 10.1 Å². The Kier molecular flexibility index (Phi) is 6.10. The first-order valence-corrected chi connectivity index (χ1v) is 5.80. The largest absolute Gasteiger partial charge is 0.383 e. The Balaban J connectivity index is 2.23. The first kappa shape index (κ1) is 14.4. The minimum absolute atomic E-state index is 0.0912. The summed E-state index contributed by atoms with van der Waals surface area (Å²) in [7, 11) is 3.98. The van der Waals surface area contributed by atoms with Gasteiger partial charge in [-0.3, -0.25) is 10.1 Å². The Morgan fingerprint density at radius 3 is 2.83 bits per heavy atom. The van der Waals surface area contributed by atoms with E-state index in [4.69, 9.17) is 4.74 Å². The van der Waals surface area contributed by atoms with Gasteiger partial charge in [0, 0.05) is 30.9 Å². The van der Waals surface area contributed by atoms with Gasteiger partial charge >= 0.3 is 0 Å². The van der Waals surface area contributed by atoms with E-state index in [0.717, 1.165) is 12.2 Å². The molecule has 1 rings (SSSR count). The van der Waals surface area contributed by atoms with Crippen molar-refractivity contribution >= 4 is 11.4 Å².